The van der Waals surface area contributed by atoms with E-state index in [1.54, 1.807) is 0 Å². The molecule has 3 atom stereocenters. The van der Waals surface area contributed by atoms with E-state index < -0.39 is 32.5 Å². The largest absolute Gasteiger partial charge is 0.472 e. The van der Waals surface area contributed by atoms with Crippen LogP contribution in [0.4, 0.5) is 0 Å². The van der Waals surface area contributed by atoms with Gasteiger partial charge < -0.3 is 25.2 Å². The van der Waals surface area contributed by atoms with Gasteiger partial charge in [0.05, 0.1) is 19.3 Å². The summed E-state index contributed by atoms with van der Waals surface area (Å²) in [7, 11) is -4.39. The van der Waals surface area contributed by atoms with Crippen molar-refractivity contribution in [3.8, 4) is 0 Å². The van der Waals surface area contributed by atoms with Crippen molar-refractivity contribution in [1.82, 2.24) is 0 Å². The molecule has 11 heteroatoms. The number of aliphatic hydroxyl groups excluding tert-OH is 1. The lowest BCUT2D eigenvalue weighted by molar-refractivity contribution is -0.161. The highest BCUT2D eigenvalue weighted by molar-refractivity contribution is 7.47. The molecule has 0 aliphatic carbocycles. The van der Waals surface area contributed by atoms with Crippen LogP contribution in [0.3, 0.4) is 0 Å². The topological polar surface area (TPSA) is 155 Å². The van der Waals surface area contributed by atoms with Gasteiger partial charge in [0.2, 0.25) is 0 Å². The van der Waals surface area contributed by atoms with E-state index in [0.29, 0.717) is 12.8 Å². The van der Waals surface area contributed by atoms with Gasteiger partial charge in [-0.25, -0.2) is 4.57 Å². The van der Waals surface area contributed by atoms with Crippen molar-refractivity contribution in [3.05, 3.63) is 36.5 Å². The number of unbranched alkanes of at least 4 members (excludes halogenated alkanes) is 16. The molecule has 50 heavy (non-hydrogen) atoms. The minimum atomic E-state index is -4.39. The number of aliphatic hydroxyl groups is 1. The zero-order valence-corrected chi connectivity index (χ0v) is 32.4. The van der Waals surface area contributed by atoms with E-state index in [1.165, 1.54) is 32.1 Å². The van der Waals surface area contributed by atoms with E-state index in [0.717, 1.165) is 89.9 Å². The Hall–Kier alpha value is -1.81. The van der Waals surface area contributed by atoms with Gasteiger partial charge in [0.25, 0.3) is 0 Å². The van der Waals surface area contributed by atoms with Crippen LogP contribution in [0, 0.1) is 0 Å². The summed E-state index contributed by atoms with van der Waals surface area (Å²) >= 11 is 0. The summed E-state index contributed by atoms with van der Waals surface area (Å²) in [5.41, 5.74) is 5.33. The normalized spacial score (nSPS) is 14.4. The highest BCUT2D eigenvalue weighted by Gasteiger charge is 2.26. The van der Waals surface area contributed by atoms with Crippen molar-refractivity contribution in [3.63, 3.8) is 0 Å². The minimum Gasteiger partial charge on any atom is -0.462 e. The third kappa shape index (κ3) is 34.6. The number of carbonyl (C=O) groups is 2. The molecule has 0 spiro atoms. The Labute approximate surface area is 304 Å². The van der Waals surface area contributed by atoms with Crippen molar-refractivity contribution < 1.29 is 42.7 Å². The van der Waals surface area contributed by atoms with Crippen LogP contribution in [0.15, 0.2) is 36.5 Å². The summed E-state index contributed by atoms with van der Waals surface area (Å²) in [5.74, 6) is -0.891. The molecule has 0 heterocycles. The van der Waals surface area contributed by atoms with E-state index in [-0.39, 0.29) is 38.7 Å². The van der Waals surface area contributed by atoms with Crippen LogP contribution in [-0.2, 0) is 32.7 Å². The van der Waals surface area contributed by atoms with Gasteiger partial charge >= 0.3 is 19.8 Å². The number of nitrogens with two attached hydrogens (primary N) is 1. The summed E-state index contributed by atoms with van der Waals surface area (Å²) < 4.78 is 32.6. The predicted octanol–water partition coefficient (Wildman–Crippen LogP) is 9.58. The first-order valence-electron chi connectivity index (χ1n) is 19.6. The zero-order chi connectivity index (χ0) is 37.0. The van der Waals surface area contributed by atoms with Crippen molar-refractivity contribution >= 4 is 19.8 Å². The van der Waals surface area contributed by atoms with Crippen molar-refractivity contribution in [2.24, 2.45) is 5.73 Å². The second-order valence-corrected chi connectivity index (χ2v) is 14.4. The summed E-state index contributed by atoms with van der Waals surface area (Å²) in [6.07, 6.45) is 33.5. The van der Waals surface area contributed by atoms with Crippen LogP contribution < -0.4 is 5.73 Å². The van der Waals surface area contributed by atoms with Crippen LogP contribution in [0.2, 0.25) is 0 Å². The first-order chi connectivity index (χ1) is 24.2. The van der Waals surface area contributed by atoms with Crippen LogP contribution in [0.1, 0.15) is 162 Å². The third-order valence-corrected chi connectivity index (χ3v) is 9.09. The molecule has 0 rings (SSSR count). The molecule has 10 nitrogen and oxygen atoms in total. The average Bonchev–Trinajstić information content (AvgIpc) is 3.09. The molecule has 0 fully saturated rings. The van der Waals surface area contributed by atoms with Gasteiger partial charge in [-0.3, -0.25) is 18.6 Å². The highest BCUT2D eigenvalue weighted by atomic mass is 31.2. The lowest BCUT2D eigenvalue weighted by atomic mass is 10.1. The fourth-order valence-corrected chi connectivity index (χ4v) is 5.88. The first-order valence-corrected chi connectivity index (χ1v) is 21.1. The monoisotopic (exact) mass is 729 g/mol. The molecular weight excluding hydrogens is 657 g/mol. The van der Waals surface area contributed by atoms with E-state index in [2.05, 4.69) is 32.1 Å². The number of hydrogen-bond donors (Lipinski definition) is 3. The molecule has 0 aromatic carbocycles. The molecule has 0 saturated carbocycles. The van der Waals surface area contributed by atoms with E-state index >= 15 is 0 Å². The SMILES string of the molecule is CCCCCCC=CCCCCCCCC(=O)OCC(COP(=O)(O)OCCN)OC(=O)CCCCCCCC=CC=CC(O)CCCCC. The predicted molar refractivity (Wildman–Crippen MR) is 203 cm³/mol. The lowest BCUT2D eigenvalue weighted by Crippen LogP contribution is -2.29. The van der Waals surface area contributed by atoms with Crippen molar-refractivity contribution in [2.45, 2.75) is 174 Å². The molecular formula is C39H72NO9P. The van der Waals surface area contributed by atoms with Crippen molar-refractivity contribution in [1.29, 1.82) is 0 Å². The molecule has 0 bridgehead atoms. The first kappa shape index (κ1) is 48.2. The minimum absolute atomic E-state index is 0.0402. The Morgan fingerprint density at radius 1 is 0.680 bits per heavy atom. The third-order valence-electron chi connectivity index (χ3n) is 8.10. The smallest absolute Gasteiger partial charge is 0.462 e. The Morgan fingerprint density at radius 3 is 1.84 bits per heavy atom. The molecule has 0 aliphatic heterocycles. The van der Waals surface area contributed by atoms with E-state index in [1.807, 2.05) is 18.2 Å². The van der Waals surface area contributed by atoms with Crippen LogP contribution >= 0.6 is 7.82 Å². The summed E-state index contributed by atoms with van der Waals surface area (Å²) in [6, 6.07) is 0. The molecule has 0 amide bonds. The Balaban J connectivity index is 4.30. The second-order valence-electron chi connectivity index (χ2n) is 13.0. The zero-order valence-electron chi connectivity index (χ0n) is 31.5. The fourth-order valence-electron chi connectivity index (χ4n) is 5.12. The Morgan fingerprint density at radius 2 is 1.22 bits per heavy atom. The fraction of sp³-hybridized carbons (Fsp3) is 0.795. The number of hydrogen-bond acceptors (Lipinski definition) is 9. The maximum absolute atomic E-state index is 12.5. The average molecular weight is 730 g/mol. The van der Waals surface area contributed by atoms with Gasteiger partial charge in [0.15, 0.2) is 6.10 Å². The molecule has 0 saturated heterocycles. The van der Waals surface area contributed by atoms with E-state index in [4.69, 9.17) is 24.3 Å². The van der Waals surface area contributed by atoms with Gasteiger partial charge in [-0.1, -0.05) is 127 Å². The highest BCUT2D eigenvalue weighted by Crippen LogP contribution is 2.43. The maximum Gasteiger partial charge on any atom is 0.472 e. The molecule has 0 radical (unpaired) electrons. The number of phosphoric acid groups is 1. The number of allylic oxidation sites excluding steroid dienone is 5. The second kappa shape index (κ2) is 35.6. The van der Waals surface area contributed by atoms with Crippen LogP contribution in [-0.4, -0.2) is 60.5 Å². The Kier molecular flexibility index (Phi) is 34.3. The Bertz CT molecular complexity index is 941. The van der Waals surface area contributed by atoms with Crippen molar-refractivity contribution in [2.75, 3.05) is 26.4 Å². The van der Waals surface area contributed by atoms with Gasteiger partial charge in [0.1, 0.15) is 6.61 Å². The molecule has 3 unspecified atom stereocenters. The van der Waals surface area contributed by atoms with Crippen LogP contribution in [0.25, 0.3) is 0 Å². The summed E-state index contributed by atoms with van der Waals surface area (Å²) in [5, 5.41) is 9.90. The summed E-state index contributed by atoms with van der Waals surface area (Å²) in [6.45, 7) is 3.52. The quantitative estimate of drug-likeness (QED) is 0.0187. The van der Waals surface area contributed by atoms with E-state index in [9.17, 15) is 24.2 Å². The molecule has 0 aromatic heterocycles. The molecule has 292 valence electrons. The number of rotatable bonds is 36. The number of carbonyl (C=O) groups excluding carboxylic acids is 2. The van der Waals surface area contributed by atoms with Gasteiger partial charge in [-0.05, 0) is 57.8 Å². The summed E-state index contributed by atoms with van der Waals surface area (Å²) in [4.78, 5) is 34.7. The maximum atomic E-state index is 12.5. The standard InChI is InChI=1S/C39H72NO9P/c1-3-5-7-8-9-10-11-12-13-16-19-22-26-30-38(42)46-34-37(35-48-50(44,45)47-33-32-40)49-39(43)31-27-23-20-17-14-15-18-21-25-29-36(41)28-24-6-4-2/h10-11,18,21,25,29,36-37,41H,3-9,12-17,19-20,22-24,26-28,30-35,40H2,1-2H3,(H,44,45). The number of ether oxygens (including phenoxy) is 2. The molecule has 4 N–H and O–H groups in total. The van der Waals surface area contributed by atoms with Gasteiger partial charge in [-0.2, -0.15) is 0 Å². The van der Waals surface area contributed by atoms with Gasteiger partial charge in [0, 0.05) is 19.4 Å². The van der Waals surface area contributed by atoms with Gasteiger partial charge in [-0.15, -0.1) is 0 Å². The lowest BCUT2D eigenvalue weighted by Gasteiger charge is -2.19. The molecule has 0 aliphatic rings. The number of esters is 2. The number of phosphoric ester groups is 1. The molecule has 0 aromatic rings. The van der Waals surface area contributed by atoms with Crippen LogP contribution in [0.5, 0.6) is 0 Å².